The third-order valence-corrected chi connectivity index (χ3v) is 2.19. The van der Waals surface area contributed by atoms with Crippen molar-refractivity contribution in [2.75, 3.05) is 13.2 Å². The number of nitrogens with two attached hydrogens (primary N) is 1. The summed E-state index contributed by atoms with van der Waals surface area (Å²) in [5, 5.41) is 7.94. The largest absolute Gasteiger partial charge is 0.472 e. The van der Waals surface area contributed by atoms with E-state index >= 15 is 0 Å². The van der Waals surface area contributed by atoms with Crippen molar-refractivity contribution in [1.29, 1.82) is 0 Å². The maximum absolute atomic E-state index is 7.94. The second-order valence-corrected chi connectivity index (χ2v) is 3.57. The molecule has 0 fully saturated rings. The van der Waals surface area contributed by atoms with Gasteiger partial charge in [-0.05, 0) is 19.4 Å². The average Bonchev–Trinajstić information content (AvgIpc) is 2.16. The highest BCUT2D eigenvalue weighted by molar-refractivity contribution is 6.17. The second-order valence-electron chi connectivity index (χ2n) is 2.93. The quantitative estimate of drug-likeness (QED) is 0.244. The van der Waals surface area contributed by atoms with Gasteiger partial charge in [-0.1, -0.05) is 25.7 Å². The van der Waals surface area contributed by atoms with Gasteiger partial charge in [-0.3, -0.25) is 9.83 Å². The maximum Gasteiger partial charge on any atom is 0.472 e. The van der Waals surface area contributed by atoms with Crippen LogP contribution in [0.1, 0.15) is 38.5 Å². The van der Waals surface area contributed by atoms with Crippen LogP contribution in [-0.2, 0) is 9.00 Å². The first kappa shape index (κ1) is 13.1. The number of unbranched alkanes of at least 4 members (excludes halogenated alkanes) is 5. The molecule has 0 spiro atoms. The molecule has 0 atom stereocenters. The molecular weight excluding hydrogens is 186 g/mol. The summed E-state index contributed by atoms with van der Waals surface area (Å²) in [5.41, 5.74) is 5.37. The molecule has 0 amide bonds. The van der Waals surface area contributed by atoms with E-state index in [1.54, 1.807) is 0 Å². The van der Waals surface area contributed by atoms with Crippen LogP contribution < -0.4 is 5.73 Å². The molecular formula is C8H19NO3Si. The lowest BCUT2D eigenvalue weighted by Crippen LogP contribution is -2.02. The Morgan fingerprint density at radius 2 is 1.62 bits per heavy atom. The topological polar surface area (TPSA) is 64.7 Å². The third-order valence-electron chi connectivity index (χ3n) is 1.80. The van der Waals surface area contributed by atoms with E-state index in [4.69, 9.17) is 15.4 Å². The standard InChI is InChI=1S/C8H19NO3Si/c9-7-5-3-1-2-4-6-8-11-13-12-10/h10H,1-9H2. The Hall–Kier alpha value is 0.0569. The summed E-state index contributed by atoms with van der Waals surface area (Å²) in [7, 11) is -0.234. The Bertz CT molecular complexity index is 85.5. The van der Waals surface area contributed by atoms with Crippen LogP contribution in [0.25, 0.3) is 0 Å². The van der Waals surface area contributed by atoms with Crippen LogP contribution in [0.5, 0.6) is 0 Å². The van der Waals surface area contributed by atoms with Gasteiger partial charge in [-0.15, -0.1) is 0 Å². The van der Waals surface area contributed by atoms with Crippen molar-refractivity contribution in [3.8, 4) is 0 Å². The number of hydrogen-bond acceptors (Lipinski definition) is 4. The van der Waals surface area contributed by atoms with Gasteiger partial charge in [0.05, 0.1) is 0 Å². The van der Waals surface area contributed by atoms with E-state index in [2.05, 4.69) is 4.58 Å². The summed E-state index contributed by atoms with van der Waals surface area (Å²) in [6.07, 6.45) is 7.09. The van der Waals surface area contributed by atoms with Crippen molar-refractivity contribution in [2.45, 2.75) is 38.5 Å². The van der Waals surface area contributed by atoms with Crippen LogP contribution in [0, 0.1) is 0 Å². The van der Waals surface area contributed by atoms with Gasteiger partial charge in [0.2, 0.25) is 0 Å². The fraction of sp³-hybridized carbons (Fsp3) is 1.00. The molecule has 0 aromatic heterocycles. The zero-order valence-electron chi connectivity index (χ0n) is 8.00. The normalized spacial score (nSPS) is 10.6. The number of hydrogen-bond donors (Lipinski definition) is 2. The minimum absolute atomic E-state index is 0.234. The maximum atomic E-state index is 7.94. The Kier molecular flexibility index (Phi) is 12.1. The van der Waals surface area contributed by atoms with Crippen molar-refractivity contribution in [3.63, 3.8) is 0 Å². The van der Waals surface area contributed by atoms with Crippen molar-refractivity contribution in [3.05, 3.63) is 0 Å². The Morgan fingerprint density at radius 1 is 1.00 bits per heavy atom. The lowest BCUT2D eigenvalue weighted by molar-refractivity contribution is -0.152. The van der Waals surface area contributed by atoms with Gasteiger partial charge >= 0.3 is 10.0 Å². The SMILES string of the molecule is NCCCCCCCCO[Si]OO. The summed E-state index contributed by atoms with van der Waals surface area (Å²) in [6.45, 7) is 1.48. The monoisotopic (exact) mass is 205 g/mol. The summed E-state index contributed by atoms with van der Waals surface area (Å²) in [6, 6.07) is 0. The smallest absolute Gasteiger partial charge is 0.391 e. The van der Waals surface area contributed by atoms with Gasteiger partial charge in [0.25, 0.3) is 0 Å². The lowest BCUT2D eigenvalue weighted by atomic mass is 10.1. The lowest BCUT2D eigenvalue weighted by Gasteiger charge is -2.00. The van der Waals surface area contributed by atoms with E-state index in [1.807, 2.05) is 0 Å². The molecule has 4 nitrogen and oxygen atoms in total. The van der Waals surface area contributed by atoms with Crippen molar-refractivity contribution in [2.24, 2.45) is 5.73 Å². The van der Waals surface area contributed by atoms with Gasteiger partial charge in [-0.25, -0.2) is 0 Å². The molecule has 0 aliphatic heterocycles. The molecule has 0 aliphatic rings. The van der Waals surface area contributed by atoms with E-state index in [-0.39, 0.29) is 10.0 Å². The van der Waals surface area contributed by atoms with Crippen LogP contribution in [0.4, 0.5) is 0 Å². The third kappa shape index (κ3) is 12.1. The van der Waals surface area contributed by atoms with Crippen molar-refractivity contribution < 1.29 is 14.3 Å². The van der Waals surface area contributed by atoms with E-state index in [9.17, 15) is 0 Å². The molecule has 0 aromatic rings. The molecule has 13 heavy (non-hydrogen) atoms. The van der Waals surface area contributed by atoms with Gasteiger partial charge in [0, 0.05) is 6.61 Å². The molecule has 0 unspecified atom stereocenters. The molecule has 0 aliphatic carbocycles. The highest BCUT2D eigenvalue weighted by Crippen LogP contribution is 2.04. The molecule has 2 radical (unpaired) electrons. The van der Waals surface area contributed by atoms with Crippen LogP contribution in [0.2, 0.25) is 0 Å². The highest BCUT2D eigenvalue weighted by Gasteiger charge is 1.93. The fourth-order valence-electron chi connectivity index (χ4n) is 1.09. The molecule has 78 valence electrons. The molecule has 3 N–H and O–H groups in total. The molecule has 0 saturated heterocycles. The zero-order valence-corrected chi connectivity index (χ0v) is 9.00. The van der Waals surface area contributed by atoms with E-state index in [0.717, 1.165) is 19.4 Å². The second kappa shape index (κ2) is 12.1. The Labute approximate surface area is 82.4 Å². The van der Waals surface area contributed by atoms with Crippen molar-refractivity contribution >= 4 is 10.0 Å². The number of rotatable bonds is 10. The van der Waals surface area contributed by atoms with E-state index in [0.29, 0.717) is 6.61 Å². The van der Waals surface area contributed by atoms with Crippen molar-refractivity contribution in [1.82, 2.24) is 0 Å². The first-order chi connectivity index (χ1) is 6.41. The fourth-order valence-corrected chi connectivity index (χ4v) is 1.37. The summed E-state index contributed by atoms with van der Waals surface area (Å²) in [4.78, 5) is 0. The van der Waals surface area contributed by atoms with Crippen LogP contribution in [-0.4, -0.2) is 28.4 Å². The van der Waals surface area contributed by atoms with Gasteiger partial charge in [-0.2, -0.15) is 0 Å². The van der Waals surface area contributed by atoms with E-state index < -0.39 is 0 Å². The first-order valence-corrected chi connectivity index (χ1v) is 5.60. The van der Waals surface area contributed by atoms with Crippen LogP contribution in [0.15, 0.2) is 0 Å². The highest BCUT2D eigenvalue weighted by atomic mass is 28.3. The summed E-state index contributed by atoms with van der Waals surface area (Å²) in [5.74, 6) is 0. The molecule has 0 bridgehead atoms. The van der Waals surface area contributed by atoms with Gasteiger partial charge in [0.1, 0.15) is 0 Å². The van der Waals surface area contributed by atoms with Crippen LogP contribution >= 0.6 is 0 Å². The molecule has 0 rings (SSSR count). The minimum atomic E-state index is -0.234. The molecule has 0 aromatic carbocycles. The predicted octanol–water partition coefficient (Wildman–Crippen LogP) is 1.33. The first-order valence-electron chi connectivity index (χ1n) is 4.79. The average molecular weight is 205 g/mol. The summed E-state index contributed by atoms with van der Waals surface area (Å²) >= 11 is 0. The Morgan fingerprint density at radius 3 is 2.23 bits per heavy atom. The molecule has 5 heteroatoms. The van der Waals surface area contributed by atoms with Gasteiger partial charge in [0.15, 0.2) is 0 Å². The molecule has 0 heterocycles. The minimum Gasteiger partial charge on any atom is -0.391 e. The van der Waals surface area contributed by atoms with Gasteiger partial charge < -0.3 is 10.2 Å². The predicted molar refractivity (Wildman–Crippen MR) is 52.2 cm³/mol. The van der Waals surface area contributed by atoms with Crippen LogP contribution in [0.3, 0.4) is 0 Å². The Balaban J connectivity index is 2.76. The molecule has 0 saturated carbocycles. The van der Waals surface area contributed by atoms with E-state index in [1.165, 1.54) is 25.7 Å². The zero-order chi connectivity index (χ0) is 9.78. The summed E-state index contributed by atoms with van der Waals surface area (Å²) < 4.78 is 8.74.